The molecule has 2 rings (SSSR count). The lowest BCUT2D eigenvalue weighted by atomic mass is 10.1. The maximum Gasteiger partial charge on any atom is 0.303 e. The summed E-state index contributed by atoms with van der Waals surface area (Å²) in [4.78, 5) is 25.8. The van der Waals surface area contributed by atoms with E-state index in [9.17, 15) is 9.59 Å². The highest BCUT2D eigenvalue weighted by atomic mass is 35.5. The second-order valence-electron chi connectivity index (χ2n) is 6.92. The van der Waals surface area contributed by atoms with Gasteiger partial charge in [-0.1, -0.05) is 41.9 Å². The van der Waals surface area contributed by atoms with Crippen LogP contribution in [0.15, 0.2) is 42.5 Å². The van der Waals surface area contributed by atoms with E-state index in [1.165, 1.54) is 19.8 Å². The summed E-state index contributed by atoms with van der Waals surface area (Å²) in [6.07, 6.45) is 2.82. The van der Waals surface area contributed by atoms with Crippen molar-refractivity contribution in [2.45, 2.75) is 32.1 Å². The number of unbranched alkanes of at least 4 members (excludes halogenated alkanes) is 1. The molecule has 0 aliphatic heterocycles. The summed E-state index contributed by atoms with van der Waals surface area (Å²) in [6, 6.07) is 13.3. The number of carboxylic acids is 1. The molecule has 0 saturated carbocycles. The molecule has 0 unspecified atom stereocenters. The Labute approximate surface area is 182 Å². The van der Waals surface area contributed by atoms with Crippen molar-refractivity contribution in [3.63, 3.8) is 0 Å². The van der Waals surface area contributed by atoms with Gasteiger partial charge in [-0.15, -0.1) is 0 Å². The second kappa shape index (κ2) is 12.1. The van der Waals surface area contributed by atoms with Crippen LogP contribution in [-0.2, 0) is 11.2 Å². The number of benzene rings is 2. The van der Waals surface area contributed by atoms with Gasteiger partial charge in [0.1, 0.15) is 11.5 Å². The average molecular weight is 434 g/mol. The average Bonchev–Trinajstić information content (AvgIpc) is 2.75. The molecule has 0 bridgehead atoms. The van der Waals surface area contributed by atoms with Crippen LogP contribution in [0.25, 0.3) is 0 Å². The quantitative estimate of drug-likeness (QED) is 0.491. The van der Waals surface area contributed by atoms with Crippen molar-refractivity contribution in [1.29, 1.82) is 0 Å². The molecular weight excluding hydrogens is 406 g/mol. The smallest absolute Gasteiger partial charge is 0.303 e. The van der Waals surface area contributed by atoms with Crippen molar-refractivity contribution in [3.05, 3.63) is 58.6 Å². The standard InChI is InChI=1S/C23H28ClNO5/c1-29-18-15-19(22(24)20(16-18)30-2)23(28)25(13-7-6-12-21(26)27)14-8-11-17-9-4-3-5-10-17/h3-5,9-10,15-16H,6-8,11-14H2,1-2H3,(H,26,27). The van der Waals surface area contributed by atoms with Gasteiger partial charge in [0.25, 0.3) is 5.91 Å². The highest BCUT2D eigenvalue weighted by Crippen LogP contribution is 2.34. The topological polar surface area (TPSA) is 76.1 Å². The van der Waals surface area contributed by atoms with Crippen LogP contribution in [0, 0.1) is 0 Å². The van der Waals surface area contributed by atoms with Crippen molar-refractivity contribution in [1.82, 2.24) is 4.90 Å². The molecule has 2 aromatic carbocycles. The highest BCUT2D eigenvalue weighted by Gasteiger charge is 2.22. The zero-order valence-electron chi connectivity index (χ0n) is 17.4. The minimum absolute atomic E-state index is 0.0831. The van der Waals surface area contributed by atoms with Crippen LogP contribution in [0.1, 0.15) is 41.6 Å². The number of amides is 1. The van der Waals surface area contributed by atoms with E-state index in [1.54, 1.807) is 17.0 Å². The maximum absolute atomic E-state index is 13.3. The fourth-order valence-corrected chi connectivity index (χ4v) is 3.44. The lowest BCUT2D eigenvalue weighted by Gasteiger charge is -2.24. The first-order valence-electron chi connectivity index (χ1n) is 9.92. The minimum Gasteiger partial charge on any atom is -0.497 e. The number of aliphatic carboxylic acids is 1. The molecule has 0 spiro atoms. The molecule has 0 radical (unpaired) electrons. The third-order valence-electron chi connectivity index (χ3n) is 4.79. The number of carbonyl (C=O) groups excluding carboxylic acids is 1. The van der Waals surface area contributed by atoms with E-state index in [0.29, 0.717) is 43.0 Å². The van der Waals surface area contributed by atoms with E-state index in [0.717, 1.165) is 12.8 Å². The van der Waals surface area contributed by atoms with E-state index in [-0.39, 0.29) is 17.4 Å². The van der Waals surface area contributed by atoms with E-state index < -0.39 is 5.97 Å². The predicted octanol–water partition coefficient (Wildman–Crippen LogP) is 4.69. The minimum atomic E-state index is -0.836. The molecule has 0 heterocycles. The Hall–Kier alpha value is -2.73. The number of hydrogen-bond donors (Lipinski definition) is 1. The van der Waals surface area contributed by atoms with Gasteiger partial charge in [-0.05, 0) is 37.3 Å². The SMILES string of the molecule is COc1cc(OC)c(Cl)c(C(=O)N(CCCCC(=O)O)CCCc2ccccc2)c1. The number of methoxy groups -OCH3 is 2. The summed E-state index contributed by atoms with van der Waals surface area (Å²) in [6.45, 7) is 0.993. The molecule has 0 saturated heterocycles. The number of aryl methyl sites for hydroxylation is 1. The Morgan fingerprint density at radius 3 is 2.33 bits per heavy atom. The molecule has 1 N–H and O–H groups in total. The number of rotatable bonds is 12. The molecule has 0 aliphatic carbocycles. The lowest BCUT2D eigenvalue weighted by molar-refractivity contribution is -0.137. The van der Waals surface area contributed by atoms with Crippen molar-refractivity contribution in [2.75, 3.05) is 27.3 Å². The molecule has 7 heteroatoms. The Balaban J connectivity index is 2.15. The number of ether oxygens (including phenoxy) is 2. The third kappa shape index (κ3) is 6.95. The number of halogens is 1. The fourth-order valence-electron chi connectivity index (χ4n) is 3.18. The van der Waals surface area contributed by atoms with Crippen molar-refractivity contribution < 1.29 is 24.2 Å². The number of carbonyl (C=O) groups is 2. The van der Waals surface area contributed by atoms with E-state index in [1.807, 2.05) is 18.2 Å². The van der Waals surface area contributed by atoms with Gasteiger partial charge in [0.15, 0.2) is 0 Å². The van der Waals surface area contributed by atoms with Crippen LogP contribution in [0.4, 0.5) is 0 Å². The van der Waals surface area contributed by atoms with Gasteiger partial charge in [-0.25, -0.2) is 0 Å². The molecule has 6 nitrogen and oxygen atoms in total. The summed E-state index contributed by atoms with van der Waals surface area (Å²) in [5.74, 6) is -0.206. The monoisotopic (exact) mass is 433 g/mol. The predicted molar refractivity (Wildman–Crippen MR) is 117 cm³/mol. The third-order valence-corrected chi connectivity index (χ3v) is 5.18. The van der Waals surface area contributed by atoms with Gasteiger partial charge < -0.3 is 19.5 Å². The van der Waals surface area contributed by atoms with Crippen LogP contribution in [0.3, 0.4) is 0 Å². The zero-order valence-corrected chi connectivity index (χ0v) is 18.2. The molecular formula is C23H28ClNO5. The first kappa shape index (κ1) is 23.5. The fraction of sp³-hybridized carbons (Fsp3) is 0.391. The summed E-state index contributed by atoms with van der Waals surface area (Å²) in [5, 5.41) is 9.10. The van der Waals surface area contributed by atoms with Gasteiger partial charge in [-0.2, -0.15) is 0 Å². The molecule has 0 fully saturated rings. The first-order valence-corrected chi connectivity index (χ1v) is 10.3. The van der Waals surface area contributed by atoms with E-state index in [2.05, 4.69) is 12.1 Å². The lowest BCUT2D eigenvalue weighted by Crippen LogP contribution is -2.33. The molecule has 1 amide bonds. The van der Waals surface area contributed by atoms with E-state index in [4.69, 9.17) is 26.2 Å². The van der Waals surface area contributed by atoms with Crippen LogP contribution >= 0.6 is 11.6 Å². The Kier molecular flexibility index (Phi) is 9.48. The van der Waals surface area contributed by atoms with Gasteiger partial charge in [0.2, 0.25) is 0 Å². The second-order valence-corrected chi connectivity index (χ2v) is 7.30. The van der Waals surface area contributed by atoms with Gasteiger partial charge >= 0.3 is 5.97 Å². The van der Waals surface area contributed by atoms with Crippen LogP contribution < -0.4 is 9.47 Å². The number of carboxylic acid groups (broad SMARTS) is 1. The summed E-state index contributed by atoms with van der Waals surface area (Å²) >= 11 is 6.40. The van der Waals surface area contributed by atoms with Crippen LogP contribution in [0.5, 0.6) is 11.5 Å². The van der Waals surface area contributed by atoms with Crippen LogP contribution in [-0.4, -0.2) is 49.2 Å². The Bertz CT molecular complexity index is 841. The summed E-state index contributed by atoms with van der Waals surface area (Å²) in [7, 11) is 3.00. The summed E-state index contributed by atoms with van der Waals surface area (Å²) < 4.78 is 10.5. The first-order chi connectivity index (χ1) is 14.5. The molecule has 0 atom stereocenters. The number of nitrogens with zero attached hydrogens (tertiary/aromatic N) is 1. The van der Waals surface area contributed by atoms with Gasteiger partial charge in [-0.3, -0.25) is 9.59 Å². The molecule has 162 valence electrons. The van der Waals surface area contributed by atoms with Gasteiger partial charge in [0.05, 0.1) is 24.8 Å². The molecule has 30 heavy (non-hydrogen) atoms. The Morgan fingerprint density at radius 1 is 1.00 bits per heavy atom. The maximum atomic E-state index is 13.3. The van der Waals surface area contributed by atoms with Crippen molar-refractivity contribution in [3.8, 4) is 11.5 Å². The van der Waals surface area contributed by atoms with E-state index >= 15 is 0 Å². The summed E-state index contributed by atoms with van der Waals surface area (Å²) in [5.41, 5.74) is 1.52. The number of hydrogen-bond acceptors (Lipinski definition) is 4. The van der Waals surface area contributed by atoms with Crippen molar-refractivity contribution in [2.24, 2.45) is 0 Å². The van der Waals surface area contributed by atoms with Crippen LogP contribution in [0.2, 0.25) is 5.02 Å². The molecule has 2 aromatic rings. The zero-order chi connectivity index (χ0) is 21.9. The highest BCUT2D eigenvalue weighted by molar-refractivity contribution is 6.35. The van der Waals surface area contributed by atoms with Gasteiger partial charge in [0, 0.05) is 25.6 Å². The normalized spacial score (nSPS) is 10.5. The largest absolute Gasteiger partial charge is 0.497 e. The van der Waals surface area contributed by atoms with Crippen molar-refractivity contribution >= 4 is 23.5 Å². The Morgan fingerprint density at radius 2 is 1.70 bits per heavy atom. The molecule has 0 aromatic heterocycles. The molecule has 0 aliphatic rings.